The molecule has 1 aliphatic carbocycles. The summed E-state index contributed by atoms with van der Waals surface area (Å²) >= 11 is 0. The van der Waals surface area contributed by atoms with Gasteiger partial charge < -0.3 is 0 Å². The largest absolute Gasteiger partial charge is 0.192 e. The number of allylic oxidation sites excluding steroid dienone is 6. The zero-order valence-corrected chi connectivity index (χ0v) is 9.54. The molecule has 0 heterocycles. The van der Waals surface area contributed by atoms with Crippen molar-refractivity contribution in [3.05, 3.63) is 36.0 Å². The summed E-state index contributed by atoms with van der Waals surface area (Å²) in [6.07, 6.45) is 11.0. The van der Waals surface area contributed by atoms with Crippen LogP contribution in [0.5, 0.6) is 0 Å². The maximum atomic E-state index is 8.66. The van der Waals surface area contributed by atoms with Gasteiger partial charge in [-0.3, -0.25) is 0 Å². The minimum absolute atomic E-state index is 0.120. The Bertz CT molecular complexity index is 289. The molecule has 1 nitrogen and oxygen atoms in total. The molecule has 0 N–H and O–H groups in total. The highest BCUT2D eigenvalue weighted by Gasteiger charge is 2.14. The second kappa shape index (κ2) is 6.21. The lowest BCUT2D eigenvalue weighted by Crippen LogP contribution is -2.06. The summed E-state index contributed by atoms with van der Waals surface area (Å²) in [5.74, 6) is 0. The lowest BCUT2D eigenvalue weighted by molar-refractivity contribution is 0.531. The number of rotatable bonds is 1. The van der Waals surface area contributed by atoms with E-state index in [9.17, 15) is 0 Å². The van der Waals surface area contributed by atoms with Gasteiger partial charge in [0.25, 0.3) is 0 Å². The first kappa shape index (κ1) is 12.7. The maximum Gasteiger partial charge on any atom is 0.0991 e. The topological polar surface area (TPSA) is 23.8 Å². The molecule has 1 rings (SSSR count). The van der Waals surface area contributed by atoms with Crippen LogP contribution in [-0.4, -0.2) is 0 Å². The molecule has 1 heteroatoms. The van der Waals surface area contributed by atoms with E-state index < -0.39 is 0 Å². The van der Waals surface area contributed by atoms with Crippen LogP contribution in [0.15, 0.2) is 36.0 Å². The summed E-state index contributed by atoms with van der Waals surface area (Å²) in [4.78, 5) is 0. The summed E-state index contributed by atoms with van der Waals surface area (Å²) in [5, 5.41) is 8.66. The van der Waals surface area contributed by atoms with Gasteiger partial charge in [-0.05, 0) is 18.6 Å². The van der Waals surface area contributed by atoms with Crippen molar-refractivity contribution in [3.63, 3.8) is 0 Å². The summed E-state index contributed by atoms with van der Waals surface area (Å²) < 4.78 is 0. The molecule has 0 saturated carbocycles. The molecular weight excluding hydrogens is 170 g/mol. The third-order valence-electron chi connectivity index (χ3n) is 2.29. The normalized spacial score (nSPS) is 24.1. The van der Waals surface area contributed by atoms with Crippen LogP contribution in [0.4, 0.5) is 0 Å². The highest BCUT2D eigenvalue weighted by Crippen LogP contribution is 2.27. The summed E-state index contributed by atoms with van der Waals surface area (Å²) in [7, 11) is 0. The molecular formula is C13H19N. The molecule has 0 aromatic rings. The van der Waals surface area contributed by atoms with E-state index in [4.69, 9.17) is 5.26 Å². The molecule has 0 bridgehead atoms. The first-order valence-electron chi connectivity index (χ1n) is 5.19. The molecule has 76 valence electrons. The predicted molar refractivity (Wildman–Crippen MR) is 61.7 cm³/mol. The average molecular weight is 189 g/mol. The van der Waals surface area contributed by atoms with Crippen molar-refractivity contribution in [1.82, 2.24) is 0 Å². The van der Waals surface area contributed by atoms with Crippen molar-refractivity contribution in [3.8, 4) is 6.07 Å². The summed E-state index contributed by atoms with van der Waals surface area (Å²) in [5.41, 5.74) is 0.846. The van der Waals surface area contributed by atoms with Crippen LogP contribution >= 0.6 is 0 Å². The molecule has 1 aliphatic rings. The second-order valence-electron chi connectivity index (χ2n) is 3.29. The molecule has 1 unspecified atom stereocenters. The Balaban J connectivity index is 0.000000791. The molecule has 0 fully saturated rings. The number of nitriles is 1. The van der Waals surface area contributed by atoms with E-state index in [1.54, 1.807) is 0 Å². The van der Waals surface area contributed by atoms with Gasteiger partial charge in [-0.1, -0.05) is 45.9 Å². The molecule has 0 spiro atoms. The van der Waals surface area contributed by atoms with Crippen LogP contribution in [0.2, 0.25) is 0 Å². The van der Waals surface area contributed by atoms with E-state index in [1.807, 2.05) is 32.1 Å². The fourth-order valence-electron chi connectivity index (χ4n) is 1.07. The van der Waals surface area contributed by atoms with Crippen molar-refractivity contribution >= 4 is 0 Å². The quantitative estimate of drug-likeness (QED) is 0.611. The van der Waals surface area contributed by atoms with E-state index in [1.165, 1.54) is 0 Å². The predicted octanol–water partition coefficient (Wildman–Crippen LogP) is 4.00. The van der Waals surface area contributed by atoms with Gasteiger partial charge in [0.1, 0.15) is 0 Å². The van der Waals surface area contributed by atoms with Crippen molar-refractivity contribution < 1.29 is 0 Å². The molecule has 0 amide bonds. The summed E-state index contributed by atoms with van der Waals surface area (Å²) in [6.45, 7) is 8.31. The molecule has 14 heavy (non-hydrogen) atoms. The molecule has 0 aromatic carbocycles. The molecule has 0 radical (unpaired) electrons. The minimum atomic E-state index is 0.120. The number of nitrogens with zero attached hydrogens (tertiary/aromatic N) is 1. The van der Waals surface area contributed by atoms with Gasteiger partial charge in [0.05, 0.1) is 11.6 Å². The fraction of sp³-hybridized carbons (Fsp3) is 0.462. The van der Waals surface area contributed by atoms with Gasteiger partial charge in [-0.2, -0.15) is 5.26 Å². The zero-order valence-electron chi connectivity index (χ0n) is 9.54. The van der Waals surface area contributed by atoms with Crippen LogP contribution in [0.1, 0.15) is 34.1 Å². The lowest BCUT2D eigenvalue weighted by Gasteiger charge is -2.17. The fourth-order valence-corrected chi connectivity index (χ4v) is 1.07. The van der Waals surface area contributed by atoms with E-state index >= 15 is 0 Å². The Morgan fingerprint density at radius 1 is 1.36 bits per heavy atom. The van der Waals surface area contributed by atoms with E-state index in [0.29, 0.717) is 0 Å². The van der Waals surface area contributed by atoms with Crippen LogP contribution in [0.25, 0.3) is 0 Å². The third kappa shape index (κ3) is 3.62. The Labute approximate surface area is 87.4 Å². The molecule has 0 saturated heterocycles. The van der Waals surface area contributed by atoms with Crippen molar-refractivity contribution in [2.45, 2.75) is 34.1 Å². The Morgan fingerprint density at radius 2 is 2.00 bits per heavy atom. The van der Waals surface area contributed by atoms with Crippen LogP contribution in [0.3, 0.4) is 0 Å². The van der Waals surface area contributed by atoms with E-state index in [-0.39, 0.29) is 5.41 Å². The minimum Gasteiger partial charge on any atom is -0.192 e. The van der Waals surface area contributed by atoms with E-state index in [0.717, 1.165) is 12.0 Å². The Morgan fingerprint density at radius 3 is 2.50 bits per heavy atom. The lowest BCUT2D eigenvalue weighted by atomic mass is 9.87. The highest BCUT2D eigenvalue weighted by atomic mass is 14.2. The number of hydrogen-bond acceptors (Lipinski definition) is 1. The van der Waals surface area contributed by atoms with Gasteiger partial charge in [0.2, 0.25) is 0 Å². The Hall–Kier alpha value is -1.29. The van der Waals surface area contributed by atoms with Gasteiger partial charge in [0.15, 0.2) is 0 Å². The standard InChI is InChI=1S/C11H13N.C2H6/c1-3-11(2)7-4-5-10(9-12)6-8-11;1-2/h4-8H,3H2,1-2H3;1-2H3. The first-order valence-corrected chi connectivity index (χ1v) is 5.19. The number of hydrogen-bond donors (Lipinski definition) is 0. The molecule has 0 aromatic heterocycles. The van der Waals surface area contributed by atoms with E-state index in [2.05, 4.69) is 32.1 Å². The van der Waals surface area contributed by atoms with Crippen molar-refractivity contribution in [1.29, 1.82) is 5.26 Å². The smallest absolute Gasteiger partial charge is 0.0991 e. The van der Waals surface area contributed by atoms with Gasteiger partial charge in [-0.25, -0.2) is 0 Å². The van der Waals surface area contributed by atoms with Gasteiger partial charge in [-0.15, -0.1) is 0 Å². The Kier molecular flexibility index (Phi) is 5.64. The zero-order chi connectivity index (χ0) is 11.0. The van der Waals surface area contributed by atoms with Gasteiger partial charge >= 0.3 is 0 Å². The molecule has 1 atom stereocenters. The second-order valence-corrected chi connectivity index (χ2v) is 3.29. The highest BCUT2D eigenvalue weighted by molar-refractivity contribution is 5.39. The SMILES string of the molecule is CC.CCC1(C)C=CC=C(C#N)C=C1. The monoisotopic (exact) mass is 189 g/mol. The van der Waals surface area contributed by atoms with Crippen molar-refractivity contribution in [2.75, 3.05) is 0 Å². The molecule has 0 aliphatic heterocycles. The average Bonchev–Trinajstić information content (AvgIpc) is 2.44. The third-order valence-corrected chi connectivity index (χ3v) is 2.29. The van der Waals surface area contributed by atoms with Gasteiger partial charge in [0, 0.05) is 5.41 Å². The first-order chi connectivity index (χ1) is 6.70. The van der Waals surface area contributed by atoms with Crippen LogP contribution in [0, 0.1) is 16.7 Å². The van der Waals surface area contributed by atoms with Crippen LogP contribution in [-0.2, 0) is 0 Å². The van der Waals surface area contributed by atoms with Crippen LogP contribution < -0.4 is 0 Å². The summed E-state index contributed by atoms with van der Waals surface area (Å²) in [6, 6.07) is 2.13. The van der Waals surface area contributed by atoms with Crippen molar-refractivity contribution in [2.24, 2.45) is 5.41 Å². The maximum absolute atomic E-state index is 8.66.